The SMILES string of the molecule is CC(=O)N(CC(=O)N1CCC2(CC1)OCCO2)c1ccc(Cl)cc1. The first-order valence-electron chi connectivity index (χ1n) is 8.08. The fourth-order valence-electron chi connectivity index (χ4n) is 3.12. The highest BCUT2D eigenvalue weighted by atomic mass is 35.5. The van der Waals surface area contributed by atoms with Gasteiger partial charge in [0, 0.05) is 43.6 Å². The standard InChI is InChI=1S/C17H21ClN2O4/c1-13(21)20(15-4-2-14(18)3-5-15)12-16(22)19-8-6-17(7-9-19)23-10-11-24-17/h2-5H,6-12H2,1H3. The highest BCUT2D eigenvalue weighted by molar-refractivity contribution is 6.30. The lowest BCUT2D eigenvalue weighted by molar-refractivity contribution is -0.187. The Labute approximate surface area is 146 Å². The van der Waals surface area contributed by atoms with Crippen molar-refractivity contribution in [1.82, 2.24) is 4.90 Å². The molecule has 1 aromatic carbocycles. The Morgan fingerprint density at radius 3 is 2.29 bits per heavy atom. The number of carbonyl (C=O) groups is 2. The summed E-state index contributed by atoms with van der Waals surface area (Å²) in [5.74, 6) is -0.762. The maximum Gasteiger partial charge on any atom is 0.242 e. The lowest BCUT2D eigenvalue weighted by Crippen LogP contribution is -2.50. The predicted molar refractivity (Wildman–Crippen MR) is 89.9 cm³/mol. The van der Waals surface area contributed by atoms with Crippen molar-refractivity contribution in [3.8, 4) is 0 Å². The van der Waals surface area contributed by atoms with Crippen LogP contribution in [0.1, 0.15) is 19.8 Å². The van der Waals surface area contributed by atoms with Gasteiger partial charge < -0.3 is 19.3 Å². The lowest BCUT2D eigenvalue weighted by Gasteiger charge is -2.38. The quantitative estimate of drug-likeness (QED) is 0.835. The molecule has 6 nitrogen and oxygen atoms in total. The molecule has 0 bridgehead atoms. The maximum atomic E-state index is 12.6. The molecule has 0 saturated carbocycles. The summed E-state index contributed by atoms with van der Waals surface area (Å²) >= 11 is 5.88. The van der Waals surface area contributed by atoms with E-state index in [0.717, 1.165) is 0 Å². The van der Waals surface area contributed by atoms with Gasteiger partial charge in [-0.2, -0.15) is 0 Å². The summed E-state index contributed by atoms with van der Waals surface area (Å²) in [5.41, 5.74) is 0.663. The van der Waals surface area contributed by atoms with Gasteiger partial charge in [-0.3, -0.25) is 9.59 Å². The normalized spacial score (nSPS) is 19.5. The van der Waals surface area contributed by atoms with Gasteiger partial charge in [-0.25, -0.2) is 0 Å². The molecular weight excluding hydrogens is 332 g/mol. The van der Waals surface area contributed by atoms with Crippen LogP contribution in [-0.2, 0) is 19.1 Å². The van der Waals surface area contributed by atoms with E-state index in [0.29, 0.717) is 49.9 Å². The number of hydrogen-bond acceptors (Lipinski definition) is 4. The van der Waals surface area contributed by atoms with Gasteiger partial charge in [0.1, 0.15) is 6.54 Å². The minimum Gasteiger partial charge on any atom is -0.347 e. The summed E-state index contributed by atoms with van der Waals surface area (Å²) in [6, 6.07) is 6.89. The summed E-state index contributed by atoms with van der Waals surface area (Å²) in [5, 5.41) is 0.589. The van der Waals surface area contributed by atoms with E-state index >= 15 is 0 Å². The molecule has 1 aromatic rings. The number of ether oxygens (including phenoxy) is 2. The van der Waals surface area contributed by atoms with Crippen molar-refractivity contribution in [1.29, 1.82) is 0 Å². The number of amides is 2. The average molecular weight is 353 g/mol. The molecule has 0 unspecified atom stereocenters. The van der Waals surface area contributed by atoms with E-state index in [1.807, 2.05) is 0 Å². The molecule has 2 amide bonds. The minimum absolute atomic E-state index is 0.0195. The number of halogens is 1. The van der Waals surface area contributed by atoms with Crippen LogP contribution in [0.15, 0.2) is 24.3 Å². The molecule has 0 N–H and O–H groups in total. The number of likely N-dealkylation sites (tertiary alicyclic amines) is 1. The first-order valence-corrected chi connectivity index (χ1v) is 8.46. The molecule has 2 aliphatic heterocycles. The minimum atomic E-state index is -0.507. The summed E-state index contributed by atoms with van der Waals surface area (Å²) in [7, 11) is 0. The monoisotopic (exact) mass is 352 g/mol. The van der Waals surface area contributed by atoms with Crippen LogP contribution in [-0.4, -0.2) is 55.3 Å². The summed E-state index contributed by atoms with van der Waals surface area (Å²) in [4.78, 5) is 27.7. The Bertz CT molecular complexity index is 604. The van der Waals surface area contributed by atoms with Crippen LogP contribution in [0.2, 0.25) is 5.02 Å². The van der Waals surface area contributed by atoms with E-state index in [1.165, 1.54) is 11.8 Å². The van der Waals surface area contributed by atoms with Crippen molar-refractivity contribution in [3.63, 3.8) is 0 Å². The topological polar surface area (TPSA) is 59.1 Å². The molecule has 2 saturated heterocycles. The molecule has 3 rings (SSSR count). The van der Waals surface area contributed by atoms with Gasteiger partial charge >= 0.3 is 0 Å². The van der Waals surface area contributed by atoms with Gasteiger partial charge in [-0.05, 0) is 24.3 Å². The van der Waals surface area contributed by atoms with E-state index in [-0.39, 0.29) is 18.4 Å². The average Bonchev–Trinajstić information content (AvgIpc) is 3.02. The lowest BCUT2D eigenvalue weighted by atomic mass is 10.0. The van der Waals surface area contributed by atoms with Crippen LogP contribution >= 0.6 is 11.6 Å². The van der Waals surface area contributed by atoms with E-state index in [2.05, 4.69) is 0 Å². The smallest absolute Gasteiger partial charge is 0.242 e. The van der Waals surface area contributed by atoms with E-state index in [4.69, 9.17) is 21.1 Å². The number of piperidine rings is 1. The van der Waals surface area contributed by atoms with Crippen LogP contribution in [0.5, 0.6) is 0 Å². The molecule has 1 spiro atoms. The molecule has 130 valence electrons. The Morgan fingerprint density at radius 2 is 1.75 bits per heavy atom. The second kappa shape index (κ2) is 7.09. The highest BCUT2D eigenvalue weighted by Gasteiger charge is 2.40. The number of carbonyl (C=O) groups excluding carboxylic acids is 2. The van der Waals surface area contributed by atoms with Crippen LogP contribution in [0.25, 0.3) is 0 Å². The fraction of sp³-hybridized carbons (Fsp3) is 0.529. The van der Waals surface area contributed by atoms with Crippen molar-refractivity contribution in [3.05, 3.63) is 29.3 Å². The van der Waals surface area contributed by atoms with Gasteiger partial charge in [-0.15, -0.1) is 0 Å². The largest absolute Gasteiger partial charge is 0.347 e. The fourth-order valence-corrected chi connectivity index (χ4v) is 3.25. The van der Waals surface area contributed by atoms with E-state index in [1.54, 1.807) is 29.2 Å². The second-order valence-corrected chi connectivity index (χ2v) is 6.51. The molecule has 0 atom stereocenters. The second-order valence-electron chi connectivity index (χ2n) is 6.07. The zero-order chi connectivity index (χ0) is 17.2. The third-order valence-corrected chi connectivity index (χ3v) is 4.76. The Hall–Kier alpha value is -1.63. The third kappa shape index (κ3) is 3.71. The molecule has 0 aromatic heterocycles. The van der Waals surface area contributed by atoms with Crippen LogP contribution in [0.3, 0.4) is 0 Å². The third-order valence-electron chi connectivity index (χ3n) is 4.50. The van der Waals surface area contributed by atoms with Gasteiger partial charge in [0.2, 0.25) is 11.8 Å². The van der Waals surface area contributed by atoms with Crippen LogP contribution in [0, 0.1) is 0 Å². The molecule has 0 radical (unpaired) electrons. The number of hydrogen-bond donors (Lipinski definition) is 0. The first-order chi connectivity index (χ1) is 11.5. The Kier molecular flexibility index (Phi) is 5.08. The number of rotatable bonds is 3. The highest BCUT2D eigenvalue weighted by Crippen LogP contribution is 2.31. The van der Waals surface area contributed by atoms with Crippen molar-refractivity contribution < 1.29 is 19.1 Å². The summed E-state index contributed by atoms with van der Waals surface area (Å²) < 4.78 is 11.3. The van der Waals surface area contributed by atoms with Crippen molar-refractivity contribution in [2.24, 2.45) is 0 Å². The molecule has 2 aliphatic rings. The predicted octanol–water partition coefficient (Wildman–Crippen LogP) is 2.06. The molecule has 2 heterocycles. The van der Waals surface area contributed by atoms with Gasteiger partial charge in [0.15, 0.2) is 5.79 Å². The number of anilines is 1. The van der Waals surface area contributed by atoms with Crippen molar-refractivity contribution in [2.75, 3.05) is 37.7 Å². The zero-order valence-electron chi connectivity index (χ0n) is 13.7. The van der Waals surface area contributed by atoms with E-state index < -0.39 is 5.79 Å². The molecule has 7 heteroatoms. The van der Waals surface area contributed by atoms with Gasteiger partial charge in [0.25, 0.3) is 0 Å². The van der Waals surface area contributed by atoms with Crippen LogP contribution in [0.4, 0.5) is 5.69 Å². The molecule has 24 heavy (non-hydrogen) atoms. The Morgan fingerprint density at radius 1 is 1.17 bits per heavy atom. The number of benzene rings is 1. The molecule has 2 fully saturated rings. The summed E-state index contributed by atoms with van der Waals surface area (Å²) in [6.45, 7) is 3.85. The van der Waals surface area contributed by atoms with Crippen LogP contribution < -0.4 is 4.90 Å². The zero-order valence-corrected chi connectivity index (χ0v) is 14.4. The van der Waals surface area contributed by atoms with Crippen molar-refractivity contribution in [2.45, 2.75) is 25.6 Å². The van der Waals surface area contributed by atoms with E-state index in [9.17, 15) is 9.59 Å². The number of nitrogens with zero attached hydrogens (tertiary/aromatic N) is 2. The first kappa shape index (κ1) is 17.2. The molecular formula is C17H21ClN2O4. The van der Waals surface area contributed by atoms with Gasteiger partial charge in [0.05, 0.1) is 13.2 Å². The summed E-state index contributed by atoms with van der Waals surface area (Å²) in [6.07, 6.45) is 1.33. The van der Waals surface area contributed by atoms with Crippen molar-refractivity contribution >= 4 is 29.1 Å². The molecule has 0 aliphatic carbocycles. The maximum absolute atomic E-state index is 12.6. The van der Waals surface area contributed by atoms with Gasteiger partial charge in [-0.1, -0.05) is 11.6 Å². The Balaban J connectivity index is 1.62.